The second kappa shape index (κ2) is 4.39. The summed E-state index contributed by atoms with van der Waals surface area (Å²) in [5, 5.41) is 0. The number of likely N-dealkylation sites (tertiary alicyclic amines) is 1. The maximum Gasteiger partial charge on any atom is 0.222 e. The van der Waals surface area contributed by atoms with Crippen molar-refractivity contribution in [3.63, 3.8) is 0 Å². The number of amides is 1. The van der Waals surface area contributed by atoms with Crippen molar-refractivity contribution in [1.29, 1.82) is 0 Å². The minimum Gasteiger partial charge on any atom is -0.466 e. The van der Waals surface area contributed by atoms with Gasteiger partial charge < -0.3 is 9.32 Å². The first kappa shape index (κ1) is 11.6. The van der Waals surface area contributed by atoms with Crippen molar-refractivity contribution in [2.24, 2.45) is 0 Å². The number of carbonyl (C=O) groups is 1. The molecular formula is C16H21NO2. The molecule has 3 aliphatic rings. The Morgan fingerprint density at radius 1 is 1.16 bits per heavy atom. The van der Waals surface area contributed by atoms with E-state index in [1.54, 1.807) is 0 Å². The number of aryl methyl sites for hydroxylation is 1. The van der Waals surface area contributed by atoms with Crippen LogP contribution in [-0.4, -0.2) is 23.4 Å². The van der Waals surface area contributed by atoms with Gasteiger partial charge in [0.05, 0.1) is 0 Å². The van der Waals surface area contributed by atoms with Gasteiger partial charge in [-0.05, 0) is 50.2 Å². The fraction of sp³-hybridized carbons (Fsp3) is 0.688. The van der Waals surface area contributed by atoms with Gasteiger partial charge in [-0.3, -0.25) is 4.79 Å². The van der Waals surface area contributed by atoms with Crippen LogP contribution in [0, 0.1) is 0 Å². The molecule has 2 heterocycles. The van der Waals surface area contributed by atoms with Gasteiger partial charge in [0.15, 0.2) is 0 Å². The van der Waals surface area contributed by atoms with E-state index in [-0.39, 0.29) is 0 Å². The minimum absolute atomic E-state index is 0.361. The molecule has 1 unspecified atom stereocenters. The summed E-state index contributed by atoms with van der Waals surface area (Å²) in [5.41, 5.74) is 1.38. The summed E-state index contributed by atoms with van der Waals surface area (Å²) in [6, 6.07) is 2.70. The second-order valence-electron chi connectivity index (χ2n) is 6.31. The normalized spacial score (nSPS) is 27.5. The summed E-state index contributed by atoms with van der Waals surface area (Å²) in [5.74, 6) is 3.47. The Hall–Kier alpha value is -1.25. The van der Waals surface area contributed by atoms with Crippen molar-refractivity contribution in [2.75, 3.05) is 6.54 Å². The molecule has 1 saturated carbocycles. The molecule has 2 fully saturated rings. The summed E-state index contributed by atoms with van der Waals surface area (Å²) in [6.45, 7) is 0.964. The number of hydrogen-bond donors (Lipinski definition) is 0. The molecule has 4 rings (SSSR count). The van der Waals surface area contributed by atoms with Crippen LogP contribution < -0.4 is 0 Å². The Morgan fingerprint density at radius 3 is 2.79 bits per heavy atom. The van der Waals surface area contributed by atoms with Gasteiger partial charge in [-0.1, -0.05) is 0 Å². The topological polar surface area (TPSA) is 33.5 Å². The van der Waals surface area contributed by atoms with E-state index in [2.05, 4.69) is 11.0 Å². The lowest BCUT2D eigenvalue weighted by atomic mass is 10.0. The molecule has 0 spiro atoms. The lowest BCUT2D eigenvalue weighted by molar-refractivity contribution is -0.129. The maximum absolute atomic E-state index is 11.9. The highest BCUT2D eigenvalue weighted by Crippen LogP contribution is 2.42. The van der Waals surface area contributed by atoms with E-state index in [0.29, 0.717) is 17.9 Å². The van der Waals surface area contributed by atoms with Crippen LogP contribution in [0.1, 0.15) is 61.5 Å². The Morgan fingerprint density at radius 2 is 2.05 bits per heavy atom. The van der Waals surface area contributed by atoms with Crippen LogP contribution in [0.3, 0.4) is 0 Å². The Balaban J connectivity index is 1.57. The molecule has 102 valence electrons. The summed E-state index contributed by atoms with van der Waals surface area (Å²) < 4.78 is 6.04. The molecule has 0 radical (unpaired) electrons. The third-order valence-corrected chi connectivity index (χ3v) is 4.84. The molecule has 1 aromatic rings. The van der Waals surface area contributed by atoms with Crippen molar-refractivity contribution in [3.05, 3.63) is 23.2 Å². The lowest BCUT2D eigenvalue weighted by Gasteiger charge is -2.26. The quantitative estimate of drug-likeness (QED) is 0.765. The number of carbonyl (C=O) groups excluding carboxylic acids is 1. The Bertz CT molecular complexity index is 501. The fourth-order valence-corrected chi connectivity index (χ4v) is 3.62. The van der Waals surface area contributed by atoms with Crippen LogP contribution in [0.25, 0.3) is 0 Å². The molecule has 3 heteroatoms. The standard InChI is InChI=1S/C16H21NO2/c18-16-5-2-8-17(16)13-3-1-4-14-12(9-13)10-15(19-14)11-6-7-11/h10-11,13H,1-9H2. The largest absolute Gasteiger partial charge is 0.466 e. The highest BCUT2D eigenvalue weighted by molar-refractivity contribution is 5.78. The zero-order chi connectivity index (χ0) is 12.8. The van der Waals surface area contributed by atoms with Crippen LogP contribution >= 0.6 is 0 Å². The first-order valence-corrected chi connectivity index (χ1v) is 7.72. The minimum atomic E-state index is 0.361. The van der Waals surface area contributed by atoms with E-state index < -0.39 is 0 Å². The van der Waals surface area contributed by atoms with Gasteiger partial charge in [0.2, 0.25) is 5.91 Å². The highest BCUT2D eigenvalue weighted by Gasteiger charge is 2.33. The summed E-state index contributed by atoms with van der Waals surface area (Å²) >= 11 is 0. The first-order chi connectivity index (χ1) is 9.31. The average Bonchev–Trinajstić information content (AvgIpc) is 3.10. The van der Waals surface area contributed by atoms with Crippen LogP contribution in [-0.2, 0) is 17.6 Å². The van der Waals surface area contributed by atoms with Gasteiger partial charge in [-0.2, -0.15) is 0 Å². The van der Waals surface area contributed by atoms with Crippen molar-refractivity contribution in [1.82, 2.24) is 4.90 Å². The monoisotopic (exact) mass is 259 g/mol. The summed E-state index contributed by atoms with van der Waals surface area (Å²) in [7, 11) is 0. The van der Waals surface area contributed by atoms with Crippen molar-refractivity contribution in [3.8, 4) is 0 Å². The molecule has 3 nitrogen and oxygen atoms in total. The molecule has 1 aromatic heterocycles. The number of hydrogen-bond acceptors (Lipinski definition) is 2. The maximum atomic E-state index is 11.9. The first-order valence-electron chi connectivity index (χ1n) is 7.72. The number of rotatable bonds is 2. The number of fused-ring (bicyclic) bond motifs is 1. The van der Waals surface area contributed by atoms with Gasteiger partial charge in [0.25, 0.3) is 0 Å². The van der Waals surface area contributed by atoms with Crippen LogP contribution in [0.2, 0.25) is 0 Å². The van der Waals surface area contributed by atoms with Crippen LogP contribution in [0.15, 0.2) is 10.5 Å². The predicted octanol–water partition coefficient (Wildman–Crippen LogP) is 3.03. The van der Waals surface area contributed by atoms with E-state index in [9.17, 15) is 4.79 Å². The van der Waals surface area contributed by atoms with Gasteiger partial charge in [0.1, 0.15) is 11.5 Å². The van der Waals surface area contributed by atoms with Crippen molar-refractivity contribution in [2.45, 2.75) is 63.3 Å². The zero-order valence-electron chi connectivity index (χ0n) is 11.4. The average molecular weight is 259 g/mol. The van der Waals surface area contributed by atoms with E-state index in [4.69, 9.17) is 4.42 Å². The van der Waals surface area contributed by atoms with E-state index in [1.807, 2.05) is 0 Å². The molecular weight excluding hydrogens is 238 g/mol. The molecule has 19 heavy (non-hydrogen) atoms. The third-order valence-electron chi connectivity index (χ3n) is 4.84. The van der Waals surface area contributed by atoms with Gasteiger partial charge in [0, 0.05) is 31.3 Å². The SMILES string of the molecule is O=C1CCCN1C1CCCc2oc(C3CC3)cc2C1. The van der Waals surface area contributed by atoms with Crippen molar-refractivity contribution < 1.29 is 9.21 Å². The van der Waals surface area contributed by atoms with Gasteiger partial charge in [-0.15, -0.1) is 0 Å². The van der Waals surface area contributed by atoms with E-state index in [0.717, 1.165) is 45.1 Å². The second-order valence-corrected chi connectivity index (χ2v) is 6.31. The zero-order valence-corrected chi connectivity index (χ0v) is 11.4. The molecule has 1 atom stereocenters. The number of furan rings is 1. The molecule has 1 amide bonds. The highest BCUT2D eigenvalue weighted by atomic mass is 16.3. The molecule has 0 N–H and O–H groups in total. The van der Waals surface area contributed by atoms with E-state index in [1.165, 1.54) is 29.9 Å². The lowest BCUT2D eigenvalue weighted by Crippen LogP contribution is -2.37. The smallest absolute Gasteiger partial charge is 0.222 e. The van der Waals surface area contributed by atoms with Gasteiger partial charge in [-0.25, -0.2) is 0 Å². The fourth-order valence-electron chi connectivity index (χ4n) is 3.62. The molecule has 0 aromatic carbocycles. The molecule has 1 aliphatic heterocycles. The predicted molar refractivity (Wildman–Crippen MR) is 72.1 cm³/mol. The molecule has 2 aliphatic carbocycles. The van der Waals surface area contributed by atoms with E-state index >= 15 is 0 Å². The number of nitrogens with zero attached hydrogens (tertiary/aromatic N) is 1. The Labute approximate surface area is 114 Å². The van der Waals surface area contributed by atoms with Crippen LogP contribution in [0.4, 0.5) is 0 Å². The van der Waals surface area contributed by atoms with Crippen molar-refractivity contribution >= 4 is 5.91 Å². The third kappa shape index (κ3) is 2.09. The van der Waals surface area contributed by atoms with Gasteiger partial charge >= 0.3 is 0 Å². The summed E-state index contributed by atoms with van der Waals surface area (Å²) in [4.78, 5) is 14.0. The van der Waals surface area contributed by atoms with Crippen LogP contribution in [0.5, 0.6) is 0 Å². The Kier molecular flexibility index (Phi) is 2.68. The summed E-state index contributed by atoms with van der Waals surface area (Å²) in [6.07, 6.45) is 8.73. The molecule has 0 bridgehead atoms. The molecule has 1 saturated heterocycles.